The van der Waals surface area contributed by atoms with Crippen molar-refractivity contribution in [2.45, 2.75) is 19.8 Å². The number of rotatable bonds is 9. The number of carbonyl (C=O) groups excluding carboxylic acids is 1. The van der Waals surface area contributed by atoms with E-state index in [1.54, 1.807) is 30.3 Å². The molecule has 0 aliphatic carbocycles. The molecule has 0 unspecified atom stereocenters. The van der Waals surface area contributed by atoms with Crippen molar-refractivity contribution in [1.29, 1.82) is 5.26 Å². The van der Waals surface area contributed by atoms with Crippen LogP contribution in [-0.4, -0.2) is 30.1 Å². The molecule has 0 aromatic heterocycles. The van der Waals surface area contributed by atoms with E-state index in [2.05, 4.69) is 10.6 Å². The number of carboxylic acids is 1. The molecule has 3 N–H and O–H groups in total. The van der Waals surface area contributed by atoms with Gasteiger partial charge in [-0.2, -0.15) is 5.26 Å². The zero-order valence-electron chi connectivity index (χ0n) is 12.8. The Labute approximate surface area is 134 Å². The molecule has 0 atom stereocenters. The molecule has 1 aromatic rings. The highest BCUT2D eigenvalue weighted by Crippen LogP contribution is 2.15. The van der Waals surface area contributed by atoms with E-state index in [1.165, 1.54) is 6.20 Å². The lowest BCUT2D eigenvalue weighted by Crippen LogP contribution is -2.26. The molecule has 1 aromatic carbocycles. The maximum absolute atomic E-state index is 11.8. The number of nitrogens with zero attached hydrogens (tertiary/aromatic N) is 1. The number of hydrogen-bond acceptors (Lipinski definition) is 5. The van der Waals surface area contributed by atoms with Gasteiger partial charge in [-0.25, -0.2) is 0 Å². The summed E-state index contributed by atoms with van der Waals surface area (Å²) in [6, 6.07) is 8.88. The number of anilines is 1. The number of nitrogens with one attached hydrogen (secondary N) is 2. The molecule has 1 rings (SSSR count). The first-order valence-corrected chi connectivity index (χ1v) is 7.16. The van der Waals surface area contributed by atoms with Crippen LogP contribution < -0.4 is 15.4 Å². The zero-order chi connectivity index (χ0) is 17.1. The van der Waals surface area contributed by atoms with Crippen molar-refractivity contribution >= 4 is 17.6 Å². The van der Waals surface area contributed by atoms with Crippen molar-refractivity contribution in [3.63, 3.8) is 0 Å². The third-order valence-electron chi connectivity index (χ3n) is 2.77. The topological polar surface area (TPSA) is 111 Å². The highest BCUT2D eigenvalue weighted by Gasteiger charge is 2.08. The average molecular weight is 317 g/mol. The molecule has 0 aliphatic rings. The fraction of sp³-hybridized carbons (Fsp3) is 0.312. The van der Waals surface area contributed by atoms with Crippen LogP contribution in [0.1, 0.15) is 19.8 Å². The minimum Gasteiger partial charge on any atom is -0.494 e. The number of ether oxygens (including phenoxy) is 1. The molecule has 0 bridgehead atoms. The van der Waals surface area contributed by atoms with Crippen LogP contribution in [0.3, 0.4) is 0 Å². The smallest absolute Gasteiger partial charge is 0.303 e. The highest BCUT2D eigenvalue weighted by molar-refractivity contribution is 5.97. The summed E-state index contributed by atoms with van der Waals surface area (Å²) >= 11 is 0. The van der Waals surface area contributed by atoms with Gasteiger partial charge >= 0.3 is 5.97 Å². The summed E-state index contributed by atoms with van der Waals surface area (Å²) in [4.78, 5) is 22.1. The molecule has 23 heavy (non-hydrogen) atoms. The molecule has 0 spiro atoms. The Hall–Kier alpha value is -3.01. The van der Waals surface area contributed by atoms with Crippen LogP contribution in [0.25, 0.3) is 0 Å². The monoisotopic (exact) mass is 317 g/mol. The predicted octanol–water partition coefficient (Wildman–Crippen LogP) is 1.89. The van der Waals surface area contributed by atoms with Crippen LogP contribution in [0, 0.1) is 11.3 Å². The second kappa shape index (κ2) is 9.84. The van der Waals surface area contributed by atoms with Gasteiger partial charge in [-0.3, -0.25) is 9.59 Å². The summed E-state index contributed by atoms with van der Waals surface area (Å²) in [6.45, 7) is 2.67. The summed E-state index contributed by atoms with van der Waals surface area (Å²) in [5.41, 5.74) is 0.620. The van der Waals surface area contributed by atoms with Crippen molar-refractivity contribution in [3.05, 3.63) is 36.0 Å². The lowest BCUT2D eigenvalue weighted by Gasteiger charge is -2.06. The highest BCUT2D eigenvalue weighted by atomic mass is 16.5. The largest absolute Gasteiger partial charge is 0.494 e. The first-order chi connectivity index (χ1) is 11.1. The maximum Gasteiger partial charge on any atom is 0.303 e. The molecular formula is C16H19N3O4. The van der Waals surface area contributed by atoms with Gasteiger partial charge in [-0.1, -0.05) is 0 Å². The van der Waals surface area contributed by atoms with Crippen molar-refractivity contribution < 1.29 is 19.4 Å². The Balaban J connectivity index is 2.52. The lowest BCUT2D eigenvalue weighted by atomic mass is 10.2. The van der Waals surface area contributed by atoms with E-state index in [0.29, 0.717) is 18.7 Å². The first-order valence-electron chi connectivity index (χ1n) is 7.16. The minimum absolute atomic E-state index is 0.0314. The van der Waals surface area contributed by atoms with E-state index in [4.69, 9.17) is 15.1 Å². The first kappa shape index (κ1) is 18.0. The summed E-state index contributed by atoms with van der Waals surface area (Å²) in [7, 11) is 0. The van der Waals surface area contributed by atoms with Crippen molar-refractivity contribution in [3.8, 4) is 11.8 Å². The second-order valence-corrected chi connectivity index (χ2v) is 4.52. The van der Waals surface area contributed by atoms with Crippen molar-refractivity contribution in [1.82, 2.24) is 5.32 Å². The predicted molar refractivity (Wildman–Crippen MR) is 84.8 cm³/mol. The van der Waals surface area contributed by atoms with Gasteiger partial charge < -0.3 is 20.5 Å². The van der Waals surface area contributed by atoms with Crippen LogP contribution in [0.5, 0.6) is 5.75 Å². The van der Waals surface area contributed by atoms with Gasteiger partial charge in [0.25, 0.3) is 5.91 Å². The van der Waals surface area contributed by atoms with Gasteiger partial charge in [-0.15, -0.1) is 0 Å². The average Bonchev–Trinajstić information content (AvgIpc) is 2.54. The Bertz CT molecular complexity index is 603. The third kappa shape index (κ3) is 7.00. The summed E-state index contributed by atoms with van der Waals surface area (Å²) in [6.07, 6.45) is 1.59. The molecule has 0 heterocycles. The van der Waals surface area contributed by atoms with Crippen LogP contribution in [0.15, 0.2) is 36.0 Å². The van der Waals surface area contributed by atoms with Gasteiger partial charge in [0.15, 0.2) is 0 Å². The van der Waals surface area contributed by atoms with E-state index in [9.17, 15) is 9.59 Å². The molecule has 1 amide bonds. The van der Waals surface area contributed by atoms with Crippen LogP contribution in [-0.2, 0) is 9.59 Å². The van der Waals surface area contributed by atoms with E-state index in [-0.39, 0.29) is 18.5 Å². The van der Waals surface area contributed by atoms with Crippen LogP contribution in [0.4, 0.5) is 5.69 Å². The normalized spacial score (nSPS) is 10.5. The van der Waals surface area contributed by atoms with Gasteiger partial charge in [0.05, 0.1) is 6.61 Å². The molecule has 0 aliphatic heterocycles. The molecule has 7 heteroatoms. The fourth-order valence-electron chi connectivity index (χ4n) is 1.65. The number of carboxylic acid groups (broad SMARTS) is 1. The number of carbonyl (C=O) groups is 2. The molecule has 7 nitrogen and oxygen atoms in total. The summed E-state index contributed by atoms with van der Waals surface area (Å²) in [5.74, 6) is -0.734. The molecule has 0 saturated carbocycles. The SMILES string of the molecule is CCOc1ccc(N/C=C(/C#N)C(=O)NCCCC(=O)O)cc1. The summed E-state index contributed by atoms with van der Waals surface area (Å²) in [5, 5.41) is 22.9. The van der Waals surface area contributed by atoms with Gasteiger partial charge in [0.1, 0.15) is 17.4 Å². The number of benzene rings is 1. The van der Waals surface area contributed by atoms with E-state index in [0.717, 1.165) is 5.75 Å². The maximum atomic E-state index is 11.8. The Kier molecular flexibility index (Phi) is 7.72. The molecular weight excluding hydrogens is 298 g/mol. The zero-order valence-corrected chi connectivity index (χ0v) is 12.8. The number of hydrogen-bond donors (Lipinski definition) is 3. The van der Waals surface area contributed by atoms with Crippen molar-refractivity contribution in [2.24, 2.45) is 0 Å². The van der Waals surface area contributed by atoms with Gasteiger partial charge in [-0.05, 0) is 37.6 Å². The third-order valence-corrected chi connectivity index (χ3v) is 2.77. The van der Waals surface area contributed by atoms with Gasteiger partial charge in [0, 0.05) is 24.9 Å². The molecule has 122 valence electrons. The van der Waals surface area contributed by atoms with E-state index in [1.807, 2.05) is 6.92 Å². The number of nitriles is 1. The summed E-state index contributed by atoms with van der Waals surface area (Å²) < 4.78 is 5.32. The standard InChI is InChI=1S/C16H19N3O4/c1-2-23-14-7-5-13(6-8-14)19-11-12(10-17)16(22)18-9-3-4-15(20)21/h5-8,11,19H,2-4,9H2,1H3,(H,18,22)(H,20,21)/b12-11-. The van der Waals surface area contributed by atoms with Crippen molar-refractivity contribution in [2.75, 3.05) is 18.5 Å². The van der Waals surface area contributed by atoms with Gasteiger partial charge in [0.2, 0.25) is 0 Å². The van der Waals surface area contributed by atoms with Crippen LogP contribution in [0.2, 0.25) is 0 Å². The molecule has 0 saturated heterocycles. The molecule has 0 fully saturated rings. The van der Waals surface area contributed by atoms with Crippen LogP contribution >= 0.6 is 0 Å². The Morgan fingerprint density at radius 2 is 2.04 bits per heavy atom. The number of aliphatic carboxylic acids is 1. The second-order valence-electron chi connectivity index (χ2n) is 4.52. The fourth-order valence-corrected chi connectivity index (χ4v) is 1.65. The Morgan fingerprint density at radius 3 is 2.61 bits per heavy atom. The Morgan fingerprint density at radius 1 is 1.35 bits per heavy atom. The molecule has 0 radical (unpaired) electrons. The van der Waals surface area contributed by atoms with E-state index < -0.39 is 11.9 Å². The quantitative estimate of drug-likeness (QED) is 0.364. The minimum atomic E-state index is -0.924. The lowest BCUT2D eigenvalue weighted by molar-refractivity contribution is -0.137. The number of amides is 1. The van der Waals surface area contributed by atoms with E-state index >= 15 is 0 Å².